The monoisotopic (exact) mass is 416 g/mol. The number of nitrogens with zero attached hydrogens (tertiary/aromatic N) is 1. The van der Waals surface area contributed by atoms with Crippen LogP contribution >= 0.6 is 0 Å². The van der Waals surface area contributed by atoms with E-state index in [0.29, 0.717) is 30.4 Å². The van der Waals surface area contributed by atoms with Crippen LogP contribution in [0.4, 0.5) is 5.69 Å². The zero-order chi connectivity index (χ0) is 20.9. The van der Waals surface area contributed by atoms with Crippen molar-refractivity contribution in [1.29, 1.82) is 0 Å². The third kappa shape index (κ3) is 5.58. The van der Waals surface area contributed by atoms with E-state index in [0.717, 1.165) is 19.3 Å². The Morgan fingerprint density at radius 2 is 1.69 bits per heavy atom. The summed E-state index contributed by atoms with van der Waals surface area (Å²) in [7, 11) is -3.48. The molecule has 2 aromatic rings. The number of hydrogen-bond donors (Lipinski definition) is 1. The number of piperidine rings is 1. The van der Waals surface area contributed by atoms with Gasteiger partial charge in [0.05, 0.1) is 4.90 Å². The third-order valence-electron chi connectivity index (χ3n) is 5.22. The Kier molecular flexibility index (Phi) is 6.92. The number of nitrogens with one attached hydrogen (secondary N) is 1. The Morgan fingerprint density at radius 1 is 1.07 bits per heavy atom. The largest absolute Gasteiger partial charge is 0.484 e. The van der Waals surface area contributed by atoms with E-state index in [1.807, 2.05) is 24.3 Å². The molecular weight excluding hydrogens is 388 g/mol. The molecule has 1 fully saturated rings. The predicted octanol–water partition coefficient (Wildman–Crippen LogP) is 3.69. The van der Waals surface area contributed by atoms with Crippen LogP contribution in [-0.2, 0) is 21.2 Å². The van der Waals surface area contributed by atoms with Gasteiger partial charge in [0.15, 0.2) is 6.61 Å². The molecule has 0 saturated carbocycles. The summed E-state index contributed by atoms with van der Waals surface area (Å²) in [5.74, 6) is 0.744. The van der Waals surface area contributed by atoms with Crippen molar-refractivity contribution in [1.82, 2.24) is 4.31 Å². The van der Waals surface area contributed by atoms with E-state index in [2.05, 4.69) is 19.2 Å². The Morgan fingerprint density at radius 3 is 2.28 bits per heavy atom. The maximum atomic E-state index is 12.7. The zero-order valence-corrected chi connectivity index (χ0v) is 17.7. The normalized spacial score (nSPS) is 15.8. The molecule has 0 spiro atoms. The summed E-state index contributed by atoms with van der Waals surface area (Å²) in [6.45, 7) is 5.19. The molecule has 2 aromatic carbocycles. The van der Waals surface area contributed by atoms with Gasteiger partial charge in [-0.05, 0) is 67.1 Å². The summed E-state index contributed by atoms with van der Waals surface area (Å²) in [4.78, 5) is 12.3. The fourth-order valence-corrected chi connectivity index (χ4v) is 4.72. The number of benzene rings is 2. The summed E-state index contributed by atoms with van der Waals surface area (Å²) in [6, 6.07) is 13.9. The van der Waals surface area contributed by atoms with Gasteiger partial charge < -0.3 is 10.1 Å². The number of hydrogen-bond acceptors (Lipinski definition) is 4. The summed E-state index contributed by atoms with van der Waals surface area (Å²) in [5, 5.41) is 2.78. The standard InChI is InChI=1S/C22H28N2O4S/c1-3-18-4-6-19(7-5-18)23-22(25)16-28-20-8-10-21(11-9-20)29(26,27)24-14-12-17(2)13-15-24/h4-11,17H,3,12-16H2,1-2H3,(H,23,25). The number of amides is 1. The van der Waals surface area contributed by atoms with Crippen molar-refractivity contribution in [2.45, 2.75) is 38.0 Å². The summed E-state index contributed by atoms with van der Waals surface area (Å²) in [5.41, 5.74) is 1.92. The molecule has 1 N–H and O–H groups in total. The van der Waals surface area contributed by atoms with Crippen LogP contribution in [0.25, 0.3) is 0 Å². The molecule has 0 bridgehead atoms. The van der Waals surface area contributed by atoms with Crippen LogP contribution in [0.3, 0.4) is 0 Å². The highest BCUT2D eigenvalue weighted by molar-refractivity contribution is 7.89. The van der Waals surface area contributed by atoms with E-state index >= 15 is 0 Å². The Labute approximate surface area is 172 Å². The van der Waals surface area contributed by atoms with Crippen LogP contribution in [0.15, 0.2) is 53.4 Å². The van der Waals surface area contributed by atoms with E-state index in [4.69, 9.17) is 4.74 Å². The van der Waals surface area contributed by atoms with Gasteiger partial charge in [0, 0.05) is 18.8 Å². The molecule has 1 amide bonds. The summed E-state index contributed by atoms with van der Waals surface area (Å²) >= 11 is 0. The Hall–Kier alpha value is -2.38. The summed E-state index contributed by atoms with van der Waals surface area (Å²) < 4.78 is 32.5. The van der Waals surface area contributed by atoms with Crippen LogP contribution in [0.2, 0.25) is 0 Å². The molecule has 156 valence electrons. The highest BCUT2D eigenvalue weighted by Crippen LogP contribution is 2.24. The van der Waals surface area contributed by atoms with Gasteiger partial charge in [-0.3, -0.25) is 4.79 Å². The molecule has 0 atom stereocenters. The second-order valence-electron chi connectivity index (χ2n) is 7.45. The molecule has 1 heterocycles. The van der Waals surface area contributed by atoms with Crippen LogP contribution in [0.1, 0.15) is 32.3 Å². The van der Waals surface area contributed by atoms with Crippen LogP contribution in [-0.4, -0.2) is 38.3 Å². The molecular formula is C22H28N2O4S. The number of aryl methyl sites for hydroxylation is 1. The second-order valence-corrected chi connectivity index (χ2v) is 9.38. The fraction of sp³-hybridized carbons (Fsp3) is 0.409. The van der Waals surface area contributed by atoms with Crippen molar-refractivity contribution in [2.24, 2.45) is 5.92 Å². The van der Waals surface area contributed by atoms with Crippen molar-refractivity contribution in [3.8, 4) is 5.75 Å². The minimum atomic E-state index is -3.48. The number of sulfonamides is 1. The number of ether oxygens (including phenoxy) is 1. The van der Waals surface area contributed by atoms with Crippen molar-refractivity contribution < 1.29 is 17.9 Å². The zero-order valence-electron chi connectivity index (χ0n) is 16.9. The fourth-order valence-electron chi connectivity index (χ4n) is 3.25. The quantitative estimate of drug-likeness (QED) is 0.747. The topological polar surface area (TPSA) is 75.7 Å². The average molecular weight is 417 g/mol. The van der Waals surface area contributed by atoms with Crippen molar-refractivity contribution >= 4 is 21.6 Å². The van der Waals surface area contributed by atoms with Gasteiger partial charge in [-0.25, -0.2) is 8.42 Å². The van der Waals surface area contributed by atoms with Crippen LogP contribution in [0.5, 0.6) is 5.75 Å². The van der Waals surface area contributed by atoms with E-state index < -0.39 is 10.0 Å². The van der Waals surface area contributed by atoms with Crippen LogP contribution in [0, 0.1) is 5.92 Å². The first kappa shape index (κ1) is 21.3. The highest BCUT2D eigenvalue weighted by atomic mass is 32.2. The maximum absolute atomic E-state index is 12.7. The molecule has 1 aliphatic heterocycles. The number of anilines is 1. The van der Waals surface area contributed by atoms with Gasteiger partial charge in [-0.1, -0.05) is 26.0 Å². The molecule has 1 aliphatic rings. The molecule has 0 unspecified atom stereocenters. The lowest BCUT2D eigenvalue weighted by Crippen LogP contribution is -2.37. The first-order chi connectivity index (χ1) is 13.9. The predicted molar refractivity (Wildman–Crippen MR) is 114 cm³/mol. The molecule has 1 saturated heterocycles. The maximum Gasteiger partial charge on any atom is 0.262 e. The number of rotatable bonds is 7. The van der Waals surface area contributed by atoms with Gasteiger partial charge in [-0.15, -0.1) is 0 Å². The SMILES string of the molecule is CCc1ccc(NC(=O)COc2ccc(S(=O)(=O)N3CCC(C)CC3)cc2)cc1. The first-order valence-electron chi connectivity index (χ1n) is 10.0. The Balaban J connectivity index is 1.54. The average Bonchev–Trinajstić information content (AvgIpc) is 2.73. The van der Waals surface area contributed by atoms with E-state index in [-0.39, 0.29) is 17.4 Å². The van der Waals surface area contributed by atoms with Gasteiger partial charge in [0.2, 0.25) is 10.0 Å². The molecule has 0 radical (unpaired) electrons. The second kappa shape index (κ2) is 9.41. The van der Waals surface area contributed by atoms with Crippen molar-refractivity contribution in [2.75, 3.05) is 25.0 Å². The third-order valence-corrected chi connectivity index (χ3v) is 7.13. The van der Waals surface area contributed by atoms with E-state index in [9.17, 15) is 13.2 Å². The summed E-state index contributed by atoms with van der Waals surface area (Å²) in [6.07, 6.45) is 2.72. The first-order valence-corrected chi connectivity index (χ1v) is 11.4. The van der Waals surface area contributed by atoms with Gasteiger partial charge in [-0.2, -0.15) is 4.31 Å². The number of carbonyl (C=O) groups is 1. The minimum Gasteiger partial charge on any atom is -0.484 e. The van der Waals surface area contributed by atoms with E-state index in [1.165, 1.54) is 17.7 Å². The lowest BCUT2D eigenvalue weighted by atomic mass is 10.0. The molecule has 7 heteroatoms. The molecule has 0 aliphatic carbocycles. The Bertz CT molecular complexity index is 916. The smallest absolute Gasteiger partial charge is 0.262 e. The highest BCUT2D eigenvalue weighted by Gasteiger charge is 2.27. The lowest BCUT2D eigenvalue weighted by Gasteiger charge is -2.29. The lowest BCUT2D eigenvalue weighted by molar-refractivity contribution is -0.118. The van der Waals surface area contributed by atoms with Gasteiger partial charge >= 0.3 is 0 Å². The van der Waals surface area contributed by atoms with Crippen LogP contribution < -0.4 is 10.1 Å². The molecule has 0 aromatic heterocycles. The van der Waals surface area contributed by atoms with Gasteiger partial charge in [0.25, 0.3) is 5.91 Å². The molecule has 29 heavy (non-hydrogen) atoms. The molecule has 6 nitrogen and oxygen atoms in total. The van der Waals surface area contributed by atoms with Crippen molar-refractivity contribution in [3.63, 3.8) is 0 Å². The molecule has 3 rings (SSSR count). The number of carbonyl (C=O) groups excluding carboxylic acids is 1. The minimum absolute atomic E-state index is 0.147. The van der Waals surface area contributed by atoms with E-state index in [1.54, 1.807) is 16.4 Å². The van der Waals surface area contributed by atoms with Crippen molar-refractivity contribution in [3.05, 3.63) is 54.1 Å². The van der Waals surface area contributed by atoms with Gasteiger partial charge in [0.1, 0.15) is 5.75 Å².